The zero-order valence-corrected chi connectivity index (χ0v) is 11.2. The van der Waals surface area contributed by atoms with Crippen molar-refractivity contribution in [3.05, 3.63) is 12.2 Å². The summed E-state index contributed by atoms with van der Waals surface area (Å²) in [6.07, 6.45) is -0.505. The fraction of sp³-hybridized carbons (Fsp3) is 0.200. The Balaban J connectivity index is -0.000000209. The van der Waals surface area contributed by atoms with Crippen LogP contribution in [-0.2, 0) is 21.0 Å². The Labute approximate surface area is 125 Å². The zero-order chi connectivity index (χ0) is 11.0. The molecular weight excluding hydrogens is 243 g/mol. The molecule has 0 heterocycles. The Bertz CT molecular complexity index is 234. The summed E-state index contributed by atoms with van der Waals surface area (Å²) in [5, 5.41) is 16.1. The maximum Gasteiger partial charge on any atom is 1.00 e. The number of carboxylic acid groups (broad SMARTS) is 2. The molecule has 0 aromatic heterocycles. The molecule has 0 amide bonds. The number of carboxylic acids is 2. The van der Waals surface area contributed by atoms with Gasteiger partial charge in [-0.3, -0.25) is 4.79 Å². The first-order chi connectivity index (χ1) is 5.77. The van der Waals surface area contributed by atoms with E-state index in [1.807, 2.05) is 0 Å². The third-order valence-corrected chi connectivity index (χ3v) is 0.667. The van der Waals surface area contributed by atoms with E-state index in [0.29, 0.717) is 0 Å². The molecule has 1 atom stereocenters. The number of carbonyl (C=O) groups is 2. The number of aliphatic carboxylic acids is 2. The molecule has 0 aromatic carbocycles. The second kappa shape index (κ2) is 11.5. The summed E-state index contributed by atoms with van der Waals surface area (Å²) in [6, 6.07) is 0. The largest absolute Gasteiger partial charge is 1.00 e. The molecule has 0 saturated heterocycles. The van der Waals surface area contributed by atoms with Crippen molar-refractivity contribution in [2.24, 2.45) is 0 Å². The van der Waals surface area contributed by atoms with Crippen molar-refractivity contribution in [3.63, 3.8) is 0 Å². The van der Waals surface area contributed by atoms with E-state index in [9.17, 15) is 9.59 Å². The van der Waals surface area contributed by atoms with Crippen LogP contribution in [0.25, 0.3) is 0 Å². The molecule has 0 aromatic rings. The van der Waals surface area contributed by atoms with Gasteiger partial charge in [-0.2, -0.15) is 0 Å². The van der Waals surface area contributed by atoms with Gasteiger partial charge in [0.05, 0.1) is 17.8 Å². The third-order valence-electron chi connectivity index (χ3n) is 0.667. The summed E-state index contributed by atoms with van der Waals surface area (Å²) in [6.45, 7) is 3.01. The minimum Gasteiger partial charge on any atom is -0.750 e. The van der Waals surface area contributed by atoms with Gasteiger partial charge in [0, 0.05) is 5.57 Å². The molecule has 0 fully saturated rings. The maximum absolute atomic E-state index is 9.87. The third kappa shape index (κ3) is 22.8. The quantitative estimate of drug-likeness (QED) is 0.268. The second-order valence-electron chi connectivity index (χ2n) is 1.70. The van der Waals surface area contributed by atoms with Crippen molar-refractivity contribution in [3.8, 4) is 0 Å². The predicted octanol–water partition coefficient (Wildman–Crippen LogP) is -3.56. The molecule has 76 valence electrons. The molecule has 3 N–H and O–H groups in total. The molecule has 0 aliphatic rings. The predicted molar refractivity (Wildman–Crippen MR) is 40.6 cm³/mol. The van der Waals surface area contributed by atoms with Crippen LogP contribution in [0.2, 0.25) is 0 Å². The van der Waals surface area contributed by atoms with E-state index in [4.69, 9.17) is 23.5 Å². The van der Waals surface area contributed by atoms with Crippen molar-refractivity contribution in [1.29, 1.82) is 0 Å². The number of hydrogen-bond donors (Lipinski definition) is 3. The van der Waals surface area contributed by atoms with Gasteiger partial charge < -0.3 is 19.3 Å². The van der Waals surface area contributed by atoms with E-state index in [1.54, 1.807) is 0 Å². The summed E-state index contributed by atoms with van der Waals surface area (Å²) in [7, 11) is 0. The molecule has 0 bridgehead atoms. The molecule has 14 heavy (non-hydrogen) atoms. The summed E-state index contributed by atoms with van der Waals surface area (Å²) < 4.78 is 24.1. The summed E-state index contributed by atoms with van der Waals surface area (Å²) in [5.41, 5.74) is -0.303. The maximum atomic E-state index is 9.87. The van der Waals surface area contributed by atoms with Gasteiger partial charge in [-0.15, -0.1) is 0 Å². The van der Waals surface area contributed by atoms with Crippen molar-refractivity contribution in [2.45, 2.75) is 6.42 Å². The Morgan fingerprint density at radius 2 is 1.64 bits per heavy atom. The Morgan fingerprint density at radius 1 is 1.36 bits per heavy atom. The minimum atomic E-state index is -2.86. The van der Waals surface area contributed by atoms with Gasteiger partial charge in [-0.1, -0.05) is 6.58 Å². The molecule has 7 nitrogen and oxygen atoms in total. The van der Waals surface area contributed by atoms with Crippen LogP contribution < -0.4 is 51.4 Å². The Morgan fingerprint density at radius 3 is 1.71 bits per heavy atom. The van der Waals surface area contributed by atoms with Gasteiger partial charge in [0.1, 0.15) is 0 Å². The summed E-state index contributed by atoms with van der Waals surface area (Å²) in [4.78, 5) is 19.7. The topological polar surface area (TPSA) is 135 Å². The summed E-state index contributed by atoms with van der Waals surface area (Å²) in [5.74, 6) is -2.44. The SMILES string of the molecule is C=C(CC(=O)O)C(=O)O.O=S([O-])O.[K+]. The normalized spacial score (nSPS) is 9.86. The number of rotatable bonds is 3. The van der Waals surface area contributed by atoms with Crippen LogP contribution in [0.1, 0.15) is 6.42 Å². The number of hydrogen-bond acceptors (Lipinski definition) is 4. The van der Waals surface area contributed by atoms with Gasteiger partial charge in [0.15, 0.2) is 0 Å². The molecule has 0 radical (unpaired) electrons. The first kappa shape index (κ1) is 19.9. The molecule has 0 spiro atoms. The van der Waals surface area contributed by atoms with Gasteiger partial charge in [-0.05, 0) is 0 Å². The van der Waals surface area contributed by atoms with E-state index >= 15 is 0 Å². The van der Waals surface area contributed by atoms with Crippen LogP contribution in [0.4, 0.5) is 0 Å². The van der Waals surface area contributed by atoms with Crippen LogP contribution >= 0.6 is 0 Å². The van der Waals surface area contributed by atoms with Crippen LogP contribution in [0.15, 0.2) is 12.2 Å². The Kier molecular flexibility index (Phi) is 16.3. The molecule has 0 saturated carbocycles. The standard InChI is InChI=1S/C5H6O4.K.H2O3S/c1-3(5(8)9)2-4(6)7;;1-4(2)3/h1-2H2,(H,6,7)(H,8,9);;(H2,1,2,3)/q;+1;/p-1. The smallest absolute Gasteiger partial charge is 0.750 e. The van der Waals surface area contributed by atoms with Gasteiger partial charge >= 0.3 is 63.3 Å². The molecule has 0 aliphatic heterocycles. The van der Waals surface area contributed by atoms with Crippen molar-refractivity contribution < 1.29 is 84.5 Å². The average molecular weight is 250 g/mol. The fourth-order valence-corrected chi connectivity index (χ4v) is 0.258. The zero-order valence-electron chi connectivity index (χ0n) is 7.30. The van der Waals surface area contributed by atoms with Gasteiger partial charge in [0.2, 0.25) is 0 Å². The first-order valence-corrected chi connectivity index (χ1v) is 3.71. The van der Waals surface area contributed by atoms with Crippen molar-refractivity contribution in [1.82, 2.24) is 0 Å². The minimum absolute atomic E-state index is 0. The van der Waals surface area contributed by atoms with Crippen LogP contribution in [-0.4, -0.2) is 35.5 Å². The average Bonchev–Trinajstić information content (AvgIpc) is 1.83. The van der Waals surface area contributed by atoms with Crippen LogP contribution in [0.5, 0.6) is 0 Å². The van der Waals surface area contributed by atoms with Gasteiger partial charge in [-0.25, -0.2) is 9.00 Å². The molecule has 9 heteroatoms. The first-order valence-electron chi connectivity index (χ1n) is 2.68. The molecule has 0 aliphatic carbocycles. The van der Waals surface area contributed by atoms with Gasteiger partial charge in [0.25, 0.3) is 0 Å². The molecular formula is C5H7KO7S. The van der Waals surface area contributed by atoms with Crippen molar-refractivity contribution in [2.75, 3.05) is 0 Å². The van der Waals surface area contributed by atoms with E-state index in [0.717, 1.165) is 0 Å². The van der Waals surface area contributed by atoms with E-state index < -0.39 is 29.7 Å². The Hall–Kier alpha value is 0.386. The van der Waals surface area contributed by atoms with Crippen LogP contribution in [0.3, 0.4) is 0 Å². The molecule has 0 rings (SSSR count). The fourth-order valence-electron chi connectivity index (χ4n) is 0.258. The van der Waals surface area contributed by atoms with Crippen LogP contribution in [0, 0.1) is 0 Å². The molecule has 1 unspecified atom stereocenters. The van der Waals surface area contributed by atoms with E-state index in [1.165, 1.54) is 0 Å². The van der Waals surface area contributed by atoms with Crippen molar-refractivity contribution >= 4 is 23.3 Å². The summed E-state index contributed by atoms with van der Waals surface area (Å²) >= 11 is -2.86. The second-order valence-corrected chi connectivity index (χ2v) is 2.13. The monoisotopic (exact) mass is 250 g/mol. The van der Waals surface area contributed by atoms with E-state index in [2.05, 4.69) is 6.58 Å². The van der Waals surface area contributed by atoms with E-state index in [-0.39, 0.29) is 57.0 Å².